The van der Waals surface area contributed by atoms with Crippen LogP contribution in [0.3, 0.4) is 0 Å². The van der Waals surface area contributed by atoms with Gasteiger partial charge in [-0.15, -0.1) is 0 Å². The van der Waals surface area contributed by atoms with Gasteiger partial charge in [-0.1, -0.05) is 29.3 Å². The van der Waals surface area contributed by atoms with Crippen molar-refractivity contribution >= 4 is 52.3 Å². The highest BCUT2D eigenvalue weighted by Gasteiger charge is 2.68. The Kier molecular flexibility index (Phi) is 7.51. The number of hydrogen-bond acceptors (Lipinski definition) is 9. The van der Waals surface area contributed by atoms with Crippen molar-refractivity contribution in [3.05, 3.63) is 92.8 Å². The number of nitro groups is 1. The second-order valence-electron chi connectivity index (χ2n) is 12.8. The number of allylic oxidation sites excluding steroid dienone is 2. The zero-order chi connectivity index (χ0) is 35.1. The average molecular weight is 690 g/mol. The number of carbonyl (C=O) groups is 4. The normalized spacial score (nSPS) is 27.4. The number of carbonyl (C=O) groups excluding carboxylic acids is 4. The number of phenols is 1. The molecule has 0 spiro atoms. The van der Waals surface area contributed by atoms with E-state index < -0.39 is 69.4 Å². The second kappa shape index (κ2) is 11.4. The van der Waals surface area contributed by atoms with Crippen molar-refractivity contribution in [1.29, 1.82) is 0 Å². The minimum absolute atomic E-state index is 0.00295. The number of amides is 4. The molecule has 6 unspecified atom stereocenters. The number of nitro benzene ring substituents is 1. The first-order chi connectivity index (χ1) is 23.3. The topological polar surface area (TPSA) is 157 Å². The monoisotopic (exact) mass is 689 g/mol. The summed E-state index contributed by atoms with van der Waals surface area (Å²) >= 11 is 6.06. The molecule has 14 heteroatoms. The van der Waals surface area contributed by atoms with Crippen molar-refractivity contribution in [1.82, 2.24) is 0 Å². The minimum atomic E-state index is -1.54. The highest BCUT2D eigenvalue weighted by molar-refractivity contribution is 6.32. The molecule has 0 bridgehead atoms. The Labute approximate surface area is 283 Å². The fourth-order valence-electron chi connectivity index (χ4n) is 8.36. The van der Waals surface area contributed by atoms with E-state index in [2.05, 4.69) is 0 Å². The molecule has 7 rings (SSSR count). The quantitative estimate of drug-likeness (QED) is 0.152. The van der Waals surface area contributed by atoms with Crippen LogP contribution >= 0.6 is 11.6 Å². The maximum absolute atomic E-state index is 14.6. The first-order valence-electron chi connectivity index (χ1n) is 15.4. The number of phenolic OH excluding ortho intramolecular Hbond substituents is 1. The van der Waals surface area contributed by atoms with Gasteiger partial charge in [0.15, 0.2) is 0 Å². The smallest absolute Gasteiger partial charge is 0.271 e. The van der Waals surface area contributed by atoms with Crippen LogP contribution in [0.2, 0.25) is 5.02 Å². The van der Waals surface area contributed by atoms with Crippen molar-refractivity contribution < 1.29 is 43.1 Å². The number of aromatic hydroxyl groups is 1. The van der Waals surface area contributed by atoms with E-state index in [1.165, 1.54) is 56.7 Å². The molecule has 1 saturated carbocycles. The molecular weight excluding hydrogens is 661 g/mol. The summed E-state index contributed by atoms with van der Waals surface area (Å²) < 4.78 is 25.2. The summed E-state index contributed by atoms with van der Waals surface area (Å²) in [5, 5.41) is 22.7. The molecule has 0 radical (unpaired) electrons. The molecule has 4 aliphatic rings. The van der Waals surface area contributed by atoms with Gasteiger partial charge in [-0.3, -0.25) is 29.3 Å². The summed E-state index contributed by atoms with van der Waals surface area (Å²) in [5.41, 5.74) is -0.964. The van der Waals surface area contributed by atoms with Crippen molar-refractivity contribution in [2.24, 2.45) is 29.1 Å². The van der Waals surface area contributed by atoms with Crippen LogP contribution in [0.25, 0.3) is 0 Å². The zero-order valence-corrected chi connectivity index (χ0v) is 27.1. The van der Waals surface area contributed by atoms with Crippen LogP contribution in [0.1, 0.15) is 31.2 Å². The van der Waals surface area contributed by atoms with Gasteiger partial charge in [-0.05, 0) is 49.9 Å². The molecule has 2 heterocycles. The van der Waals surface area contributed by atoms with Crippen LogP contribution in [-0.2, 0) is 19.2 Å². The lowest BCUT2D eigenvalue weighted by Gasteiger charge is -2.49. The number of hydrogen-bond donors (Lipinski definition) is 1. The Morgan fingerprint density at radius 2 is 1.69 bits per heavy atom. The lowest BCUT2D eigenvalue weighted by Crippen LogP contribution is -2.49. The summed E-state index contributed by atoms with van der Waals surface area (Å²) in [7, 11) is 2.79. The first-order valence-corrected chi connectivity index (χ1v) is 15.8. The van der Waals surface area contributed by atoms with Gasteiger partial charge in [0, 0.05) is 35.7 Å². The van der Waals surface area contributed by atoms with E-state index in [4.69, 9.17) is 21.1 Å². The Morgan fingerprint density at radius 3 is 2.37 bits per heavy atom. The van der Waals surface area contributed by atoms with Crippen molar-refractivity contribution in [2.45, 2.75) is 25.7 Å². The number of fused-ring (bicyclic) bond motifs is 4. The van der Waals surface area contributed by atoms with Crippen LogP contribution in [-0.4, -0.2) is 47.9 Å². The molecule has 6 atom stereocenters. The predicted molar refractivity (Wildman–Crippen MR) is 173 cm³/mol. The summed E-state index contributed by atoms with van der Waals surface area (Å²) in [5.74, 6) is -7.57. The molecule has 3 fully saturated rings. The van der Waals surface area contributed by atoms with E-state index in [1.54, 1.807) is 13.0 Å². The number of rotatable bonds is 6. The van der Waals surface area contributed by atoms with Crippen LogP contribution in [0.4, 0.5) is 21.5 Å². The van der Waals surface area contributed by atoms with E-state index in [0.29, 0.717) is 5.57 Å². The first kappa shape index (κ1) is 32.3. The van der Waals surface area contributed by atoms with Gasteiger partial charge >= 0.3 is 0 Å². The summed E-state index contributed by atoms with van der Waals surface area (Å²) in [6.45, 7) is 1.62. The highest BCUT2D eigenvalue weighted by atomic mass is 35.5. The van der Waals surface area contributed by atoms with Gasteiger partial charge in [-0.25, -0.2) is 14.2 Å². The number of anilines is 2. The second-order valence-corrected chi connectivity index (χ2v) is 13.2. The van der Waals surface area contributed by atoms with Crippen molar-refractivity contribution in [3.8, 4) is 17.2 Å². The van der Waals surface area contributed by atoms with E-state index >= 15 is 0 Å². The Bertz CT molecular complexity index is 2030. The summed E-state index contributed by atoms with van der Waals surface area (Å²) in [6.07, 6.45) is 1.89. The lowest BCUT2D eigenvalue weighted by molar-refractivity contribution is -0.384. The van der Waals surface area contributed by atoms with Gasteiger partial charge < -0.3 is 14.6 Å². The van der Waals surface area contributed by atoms with Crippen LogP contribution in [0, 0.1) is 45.0 Å². The number of imide groups is 2. The zero-order valence-electron chi connectivity index (χ0n) is 26.4. The molecule has 0 aromatic heterocycles. The summed E-state index contributed by atoms with van der Waals surface area (Å²) in [6, 6.07) is 11.7. The van der Waals surface area contributed by atoms with E-state index in [-0.39, 0.29) is 57.7 Å². The largest absolute Gasteiger partial charge is 0.507 e. The minimum Gasteiger partial charge on any atom is -0.507 e. The number of nitrogens with zero attached hydrogens (tertiary/aromatic N) is 3. The van der Waals surface area contributed by atoms with Crippen molar-refractivity contribution in [2.75, 3.05) is 24.0 Å². The van der Waals surface area contributed by atoms with Crippen LogP contribution in [0.5, 0.6) is 17.2 Å². The average Bonchev–Trinajstić information content (AvgIpc) is 3.45. The molecule has 12 nitrogen and oxygen atoms in total. The number of benzene rings is 3. The third-order valence-electron chi connectivity index (χ3n) is 10.6. The molecule has 2 aliphatic carbocycles. The van der Waals surface area contributed by atoms with Crippen LogP contribution in [0.15, 0.2) is 66.2 Å². The molecule has 2 aliphatic heterocycles. The number of methoxy groups -OCH3 is 2. The van der Waals surface area contributed by atoms with Gasteiger partial charge in [0.25, 0.3) is 5.69 Å². The van der Waals surface area contributed by atoms with E-state index in [9.17, 15) is 38.8 Å². The van der Waals surface area contributed by atoms with Gasteiger partial charge in [0.05, 0.1) is 58.7 Å². The standard InChI is InChI=1S/C35H29ClFN3O9/c1-35-23(32(43)39(34(35)45)17-7-10-25(37)24(36)12-17)15-22-20(30(35)29-26(41)13-19(48-2)14-27(29)49-3)8-9-21-28(22)33(44)38(31(21)42)16-5-4-6-18(11-16)40(46)47/h4-8,10-14,21-23,28,30,41H,9,15H2,1-3H3. The fraction of sp³-hybridized carbons (Fsp3) is 0.314. The van der Waals surface area contributed by atoms with Gasteiger partial charge in [0.2, 0.25) is 23.6 Å². The maximum Gasteiger partial charge on any atom is 0.271 e. The molecule has 49 heavy (non-hydrogen) atoms. The SMILES string of the molecule is COc1cc(O)c(C2C3=CCC4C(=O)N(c5cccc([N+](=O)[O-])c5)C(=O)C4C3CC3C(=O)N(c4ccc(F)c(Cl)c4)C(=O)C32C)c(OC)c1. The molecule has 4 amide bonds. The van der Waals surface area contributed by atoms with E-state index in [1.807, 2.05) is 0 Å². The molecule has 3 aromatic carbocycles. The third-order valence-corrected chi connectivity index (χ3v) is 10.9. The Balaban J connectivity index is 1.40. The number of non-ortho nitro benzene ring substituents is 1. The lowest BCUT2D eigenvalue weighted by atomic mass is 9.51. The fourth-order valence-corrected chi connectivity index (χ4v) is 8.53. The van der Waals surface area contributed by atoms with Gasteiger partial charge in [0.1, 0.15) is 23.1 Å². The van der Waals surface area contributed by atoms with Crippen molar-refractivity contribution in [3.63, 3.8) is 0 Å². The number of halogens is 2. The Morgan fingerprint density at radius 1 is 0.959 bits per heavy atom. The highest BCUT2D eigenvalue weighted by Crippen LogP contribution is 2.65. The third kappa shape index (κ3) is 4.55. The maximum atomic E-state index is 14.6. The van der Waals surface area contributed by atoms with Crippen LogP contribution < -0.4 is 19.3 Å². The van der Waals surface area contributed by atoms with Gasteiger partial charge in [-0.2, -0.15) is 0 Å². The summed E-state index contributed by atoms with van der Waals surface area (Å²) in [4.78, 5) is 69.9. The predicted octanol–water partition coefficient (Wildman–Crippen LogP) is 5.55. The molecule has 252 valence electrons. The van der Waals surface area contributed by atoms with E-state index in [0.717, 1.165) is 21.9 Å². The Hall–Kier alpha value is -5.30. The molecular formula is C35H29ClFN3O9. The molecule has 1 N–H and O–H groups in total. The number of ether oxygens (including phenoxy) is 2. The molecule has 3 aromatic rings. The molecule has 2 saturated heterocycles.